The number of fused-ring (bicyclic) bond motifs is 2. The van der Waals surface area contributed by atoms with E-state index in [-0.39, 0.29) is 18.0 Å². The lowest BCUT2D eigenvalue weighted by atomic mass is 10.0. The van der Waals surface area contributed by atoms with Gasteiger partial charge in [-0.1, -0.05) is 6.07 Å². The molecule has 0 radical (unpaired) electrons. The number of aromatic nitrogens is 5. The molecule has 182 valence electrons. The Hall–Kier alpha value is -3.50. The molecule has 0 amide bonds. The van der Waals surface area contributed by atoms with Gasteiger partial charge in [-0.2, -0.15) is 13.2 Å². The Labute approximate surface area is 199 Å². The maximum atomic E-state index is 13.5. The van der Waals surface area contributed by atoms with Gasteiger partial charge in [-0.15, -0.1) is 10.2 Å². The fourth-order valence-electron chi connectivity index (χ4n) is 4.82. The zero-order valence-electron chi connectivity index (χ0n) is 19.6. The molecule has 8 nitrogen and oxygen atoms in total. The zero-order valence-corrected chi connectivity index (χ0v) is 19.6. The quantitative estimate of drug-likeness (QED) is 0.555. The van der Waals surface area contributed by atoms with Gasteiger partial charge in [-0.05, 0) is 51.3 Å². The van der Waals surface area contributed by atoms with Crippen molar-refractivity contribution < 1.29 is 17.9 Å². The van der Waals surface area contributed by atoms with Gasteiger partial charge in [-0.3, -0.25) is 9.56 Å². The average Bonchev–Trinajstić information content (AvgIpc) is 3.19. The number of halogens is 3. The molecule has 35 heavy (non-hydrogen) atoms. The van der Waals surface area contributed by atoms with Crippen LogP contribution >= 0.6 is 0 Å². The van der Waals surface area contributed by atoms with Crippen LogP contribution in [-0.4, -0.2) is 42.6 Å². The zero-order chi connectivity index (χ0) is 24.6. The van der Waals surface area contributed by atoms with Gasteiger partial charge in [0.05, 0.1) is 30.0 Å². The van der Waals surface area contributed by atoms with Crippen LogP contribution in [0.15, 0.2) is 35.6 Å². The predicted molar refractivity (Wildman–Crippen MR) is 121 cm³/mol. The highest BCUT2D eigenvalue weighted by atomic mass is 19.4. The smallest absolute Gasteiger partial charge is 0.451 e. The molecule has 0 unspecified atom stereocenters. The van der Waals surface area contributed by atoms with Gasteiger partial charge >= 0.3 is 6.18 Å². The van der Waals surface area contributed by atoms with E-state index in [0.29, 0.717) is 24.6 Å². The molecule has 0 N–H and O–H groups in total. The molecule has 6 rings (SSSR count). The summed E-state index contributed by atoms with van der Waals surface area (Å²) in [5.74, 6) is 0.674. The van der Waals surface area contributed by atoms with Crippen LogP contribution < -0.4 is 9.64 Å². The van der Waals surface area contributed by atoms with Crippen LogP contribution in [0.2, 0.25) is 0 Å². The molecule has 0 atom stereocenters. The van der Waals surface area contributed by atoms with Crippen molar-refractivity contribution in [3.8, 4) is 5.75 Å². The van der Waals surface area contributed by atoms with E-state index in [1.165, 1.54) is 10.9 Å². The van der Waals surface area contributed by atoms with Crippen LogP contribution in [0.4, 0.5) is 19.0 Å². The highest BCUT2D eigenvalue weighted by Crippen LogP contribution is 2.41. The fourth-order valence-corrected chi connectivity index (χ4v) is 4.82. The second-order valence-corrected chi connectivity index (χ2v) is 10.2. The molecule has 3 aliphatic rings. The van der Waals surface area contributed by atoms with Crippen molar-refractivity contribution in [3.63, 3.8) is 0 Å². The first kappa shape index (κ1) is 22.0. The summed E-state index contributed by atoms with van der Waals surface area (Å²) >= 11 is 0. The lowest BCUT2D eigenvalue weighted by Crippen LogP contribution is -2.48. The molecule has 0 spiro atoms. The van der Waals surface area contributed by atoms with Gasteiger partial charge in [0.2, 0.25) is 5.82 Å². The fraction of sp³-hybridized carbons (Fsp3) is 0.458. The van der Waals surface area contributed by atoms with Crippen molar-refractivity contribution in [3.05, 3.63) is 59.1 Å². The number of nitrogens with zero attached hydrogens (tertiary/aromatic N) is 7. The summed E-state index contributed by atoms with van der Waals surface area (Å²) in [4.78, 5) is 15.5. The van der Waals surface area contributed by atoms with Crippen molar-refractivity contribution in [2.75, 3.05) is 11.4 Å². The highest BCUT2D eigenvalue weighted by molar-refractivity contribution is 6.14. The molecular formula is C24H24F3N7O. The number of anilines is 1. The first-order chi connectivity index (χ1) is 16.5. The number of benzene rings is 1. The summed E-state index contributed by atoms with van der Waals surface area (Å²) < 4.78 is 47.7. The number of ether oxygens (including phenoxy) is 1. The molecule has 2 aliphatic heterocycles. The van der Waals surface area contributed by atoms with Gasteiger partial charge in [0, 0.05) is 18.2 Å². The summed E-state index contributed by atoms with van der Waals surface area (Å²) in [5.41, 5.74) is 2.51. The number of aliphatic imine (C=N–C) groups is 1. The molecule has 2 aromatic heterocycles. The number of hydrogen-bond acceptors (Lipinski definition) is 7. The molecule has 1 aromatic carbocycles. The topological polar surface area (TPSA) is 81.3 Å². The summed E-state index contributed by atoms with van der Waals surface area (Å²) in [6, 6.07) is 7.86. The van der Waals surface area contributed by atoms with Crippen molar-refractivity contribution in [2.24, 2.45) is 4.99 Å². The van der Waals surface area contributed by atoms with E-state index in [0.717, 1.165) is 35.4 Å². The summed E-state index contributed by atoms with van der Waals surface area (Å²) in [5, 5.41) is 7.27. The molecule has 1 fully saturated rings. The van der Waals surface area contributed by atoms with Crippen molar-refractivity contribution >= 4 is 11.5 Å². The van der Waals surface area contributed by atoms with E-state index in [1.807, 2.05) is 29.2 Å². The van der Waals surface area contributed by atoms with E-state index in [2.05, 4.69) is 27.1 Å². The second kappa shape index (κ2) is 7.25. The maximum absolute atomic E-state index is 13.5. The third kappa shape index (κ3) is 3.82. The van der Waals surface area contributed by atoms with E-state index in [1.54, 1.807) is 13.8 Å². The van der Waals surface area contributed by atoms with Crippen LogP contribution in [0.5, 0.6) is 5.75 Å². The van der Waals surface area contributed by atoms with Crippen LogP contribution in [0.3, 0.4) is 0 Å². The molecule has 0 saturated heterocycles. The molecular weight excluding hydrogens is 459 g/mol. The molecule has 11 heteroatoms. The average molecular weight is 483 g/mol. The minimum Gasteiger partial charge on any atom is -0.488 e. The van der Waals surface area contributed by atoms with Gasteiger partial charge in [-0.25, -0.2) is 9.97 Å². The van der Waals surface area contributed by atoms with E-state index in [4.69, 9.17) is 9.73 Å². The standard InChI is InChI=1S/C24H24F3N7O/c1-22(2)12-33(11-19-31-32-21(34(19)22)24(25,26)27)18-9-17(29-13-30-18)20-16-8-15(35-23(3)6-7-23)5-4-14(16)10-28-20/h4-5,8-9,13H,6-7,10-12H2,1-3H3. The molecule has 4 heterocycles. The summed E-state index contributed by atoms with van der Waals surface area (Å²) in [7, 11) is 0. The Kier molecular flexibility index (Phi) is 4.56. The van der Waals surface area contributed by atoms with E-state index in [9.17, 15) is 13.2 Å². The number of alkyl halides is 3. The summed E-state index contributed by atoms with van der Waals surface area (Å²) in [6.45, 7) is 6.59. The third-order valence-electron chi connectivity index (χ3n) is 6.78. The number of hydrogen-bond donors (Lipinski definition) is 0. The van der Waals surface area contributed by atoms with Gasteiger partial charge in [0.15, 0.2) is 5.82 Å². The Morgan fingerprint density at radius 2 is 1.83 bits per heavy atom. The Balaban J connectivity index is 1.30. The maximum Gasteiger partial charge on any atom is 0.451 e. The monoisotopic (exact) mass is 483 g/mol. The Bertz CT molecular complexity index is 1360. The number of rotatable bonds is 4. The summed E-state index contributed by atoms with van der Waals surface area (Å²) in [6.07, 6.45) is -1.01. The SMILES string of the molecule is CC1(Oc2ccc3c(c2)C(c2cc(N4Cc5nnc(C(F)(F)F)n5C(C)(C)C4)ncn2)=NC3)CC1. The van der Waals surface area contributed by atoms with E-state index >= 15 is 0 Å². The van der Waals surface area contributed by atoms with Crippen LogP contribution in [0, 0.1) is 0 Å². The minimum atomic E-state index is -4.57. The first-order valence-electron chi connectivity index (χ1n) is 11.5. The van der Waals surface area contributed by atoms with Crippen LogP contribution in [0.25, 0.3) is 0 Å². The highest BCUT2D eigenvalue weighted by Gasteiger charge is 2.45. The Morgan fingerprint density at radius 1 is 1.03 bits per heavy atom. The molecule has 3 aromatic rings. The molecule has 1 saturated carbocycles. The van der Waals surface area contributed by atoms with E-state index < -0.39 is 17.5 Å². The molecule has 0 bridgehead atoms. The van der Waals surface area contributed by atoms with Gasteiger partial charge < -0.3 is 9.64 Å². The van der Waals surface area contributed by atoms with Crippen molar-refractivity contribution in [1.29, 1.82) is 0 Å². The Morgan fingerprint density at radius 3 is 2.57 bits per heavy atom. The first-order valence-corrected chi connectivity index (χ1v) is 11.5. The lowest BCUT2D eigenvalue weighted by Gasteiger charge is -2.40. The lowest BCUT2D eigenvalue weighted by molar-refractivity contribution is -0.149. The third-order valence-corrected chi connectivity index (χ3v) is 6.78. The van der Waals surface area contributed by atoms with Crippen molar-refractivity contribution in [1.82, 2.24) is 24.7 Å². The largest absolute Gasteiger partial charge is 0.488 e. The normalized spacial score (nSPS) is 19.7. The van der Waals surface area contributed by atoms with Crippen LogP contribution in [-0.2, 0) is 24.8 Å². The van der Waals surface area contributed by atoms with Crippen LogP contribution in [0.1, 0.15) is 62.1 Å². The minimum absolute atomic E-state index is 0.0835. The predicted octanol–water partition coefficient (Wildman–Crippen LogP) is 4.12. The van der Waals surface area contributed by atoms with Gasteiger partial charge in [0.25, 0.3) is 0 Å². The van der Waals surface area contributed by atoms with Crippen molar-refractivity contribution in [2.45, 2.75) is 64.0 Å². The molecule has 1 aliphatic carbocycles. The second-order valence-electron chi connectivity index (χ2n) is 10.2. The van der Waals surface area contributed by atoms with Gasteiger partial charge in [0.1, 0.15) is 23.5 Å².